The first-order valence-electron chi connectivity index (χ1n) is 5.84. The van der Waals surface area contributed by atoms with Crippen LogP contribution in [0.5, 0.6) is 11.5 Å². The standard InChI is InChI=1S/C15H15ClO2/c1-3-18-12-5-6-13(14(16)9-12)11-4-7-15(17)10(2)8-11/h4-9,17H,3H2,1-2H3. The summed E-state index contributed by atoms with van der Waals surface area (Å²) in [7, 11) is 0. The van der Waals surface area contributed by atoms with Crippen LogP contribution in [0.1, 0.15) is 12.5 Å². The van der Waals surface area contributed by atoms with Crippen LogP contribution in [0.4, 0.5) is 0 Å². The molecule has 0 saturated heterocycles. The molecule has 0 atom stereocenters. The average Bonchev–Trinajstić information content (AvgIpc) is 2.34. The molecule has 0 heterocycles. The second-order valence-electron chi connectivity index (χ2n) is 4.08. The summed E-state index contributed by atoms with van der Waals surface area (Å²) in [6, 6.07) is 11.1. The number of phenolic OH excluding ortho intramolecular Hbond substituents is 1. The van der Waals surface area contributed by atoms with E-state index in [0.29, 0.717) is 17.4 Å². The summed E-state index contributed by atoms with van der Waals surface area (Å²) >= 11 is 6.25. The van der Waals surface area contributed by atoms with Crippen molar-refractivity contribution in [1.29, 1.82) is 0 Å². The summed E-state index contributed by atoms with van der Waals surface area (Å²) < 4.78 is 5.40. The number of hydrogen-bond donors (Lipinski definition) is 1. The molecule has 2 aromatic carbocycles. The van der Waals surface area contributed by atoms with Gasteiger partial charge < -0.3 is 9.84 Å². The highest BCUT2D eigenvalue weighted by atomic mass is 35.5. The zero-order valence-electron chi connectivity index (χ0n) is 10.4. The largest absolute Gasteiger partial charge is 0.508 e. The van der Waals surface area contributed by atoms with Crippen LogP contribution in [-0.2, 0) is 0 Å². The average molecular weight is 263 g/mol. The fourth-order valence-electron chi connectivity index (χ4n) is 1.81. The highest BCUT2D eigenvalue weighted by Crippen LogP contribution is 2.33. The molecule has 3 heteroatoms. The first kappa shape index (κ1) is 12.8. The smallest absolute Gasteiger partial charge is 0.120 e. The molecule has 0 aliphatic carbocycles. The molecule has 0 saturated carbocycles. The maximum absolute atomic E-state index is 9.52. The van der Waals surface area contributed by atoms with Crippen molar-refractivity contribution in [1.82, 2.24) is 0 Å². The van der Waals surface area contributed by atoms with Gasteiger partial charge in [0.1, 0.15) is 11.5 Å². The molecule has 0 aliphatic rings. The van der Waals surface area contributed by atoms with Gasteiger partial charge in [0.05, 0.1) is 11.6 Å². The Bertz CT molecular complexity index is 564. The number of halogens is 1. The van der Waals surface area contributed by atoms with E-state index in [1.54, 1.807) is 6.07 Å². The van der Waals surface area contributed by atoms with Crippen molar-refractivity contribution in [3.63, 3.8) is 0 Å². The predicted molar refractivity (Wildman–Crippen MR) is 74.5 cm³/mol. The molecule has 0 aliphatic heterocycles. The van der Waals surface area contributed by atoms with E-state index in [-0.39, 0.29) is 0 Å². The molecular weight excluding hydrogens is 248 g/mol. The van der Waals surface area contributed by atoms with Gasteiger partial charge in [0, 0.05) is 5.56 Å². The topological polar surface area (TPSA) is 29.5 Å². The third kappa shape index (κ3) is 2.59. The van der Waals surface area contributed by atoms with Gasteiger partial charge >= 0.3 is 0 Å². The zero-order chi connectivity index (χ0) is 13.1. The molecular formula is C15H15ClO2. The van der Waals surface area contributed by atoms with Crippen LogP contribution in [0.2, 0.25) is 5.02 Å². The Kier molecular flexibility index (Phi) is 3.78. The Morgan fingerprint density at radius 1 is 1.17 bits per heavy atom. The van der Waals surface area contributed by atoms with Gasteiger partial charge in [-0.25, -0.2) is 0 Å². The van der Waals surface area contributed by atoms with E-state index < -0.39 is 0 Å². The molecule has 0 radical (unpaired) electrons. The van der Waals surface area contributed by atoms with E-state index in [4.69, 9.17) is 16.3 Å². The minimum atomic E-state index is 0.292. The molecule has 0 amide bonds. The molecule has 0 fully saturated rings. The summed E-state index contributed by atoms with van der Waals surface area (Å²) in [5.74, 6) is 1.06. The number of aromatic hydroxyl groups is 1. The number of phenols is 1. The maximum atomic E-state index is 9.52. The quantitative estimate of drug-likeness (QED) is 0.887. The van der Waals surface area contributed by atoms with Crippen molar-refractivity contribution in [2.24, 2.45) is 0 Å². The van der Waals surface area contributed by atoms with Gasteiger partial charge in [0.2, 0.25) is 0 Å². The normalized spacial score (nSPS) is 10.4. The number of hydrogen-bond acceptors (Lipinski definition) is 2. The third-order valence-corrected chi connectivity index (χ3v) is 3.07. The first-order chi connectivity index (χ1) is 8.61. The van der Waals surface area contributed by atoms with E-state index in [0.717, 1.165) is 22.4 Å². The summed E-state index contributed by atoms with van der Waals surface area (Å²) in [6.07, 6.45) is 0. The van der Waals surface area contributed by atoms with Gasteiger partial charge in [-0.1, -0.05) is 17.7 Å². The summed E-state index contributed by atoms with van der Waals surface area (Å²) in [5, 5.41) is 10.2. The fourth-order valence-corrected chi connectivity index (χ4v) is 2.09. The van der Waals surface area contributed by atoms with Crippen LogP contribution in [0.25, 0.3) is 11.1 Å². The lowest BCUT2D eigenvalue weighted by Crippen LogP contribution is -1.91. The van der Waals surface area contributed by atoms with E-state index in [1.165, 1.54) is 0 Å². The van der Waals surface area contributed by atoms with Crippen molar-refractivity contribution < 1.29 is 9.84 Å². The molecule has 0 unspecified atom stereocenters. The highest BCUT2D eigenvalue weighted by Gasteiger charge is 2.06. The maximum Gasteiger partial charge on any atom is 0.120 e. The minimum Gasteiger partial charge on any atom is -0.508 e. The molecule has 18 heavy (non-hydrogen) atoms. The van der Waals surface area contributed by atoms with Crippen molar-refractivity contribution >= 4 is 11.6 Å². The summed E-state index contributed by atoms with van der Waals surface area (Å²) in [6.45, 7) is 4.42. The van der Waals surface area contributed by atoms with Gasteiger partial charge in [-0.2, -0.15) is 0 Å². The molecule has 1 N–H and O–H groups in total. The van der Waals surface area contributed by atoms with Crippen LogP contribution < -0.4 is 4.74 Å². The molecule has 0 aromatic heterocycles. The van der Waals surface area contributed by atoms with Gasteiger partial charge in [-0.15, -0.1) is 0 Å². The second kappa shape index (κ2) is 5.32. The second-order valence-corrected chi connectivity index (χ2v) is 4.48. The lowest BCUT2D eigenvalue weighted by Gasteiger charge is -2.09. The molecule has 0 spiro atoms. The van der Waals surface area contributed by atoms with Crippen molar-refractivity contribution in [2.45, 2.75) is 13.8 Å². The summed E-state index contributed by atoms with van der Waals surface area (Å²) in [5.41, 5.74) is 2.75. The minimum absolute atomic E-state index is 0.292. The lowest BCUT2D eigenvalue weighted by molar-refractivity contribution is 0.340. The lowest BCUT2D eigenvalue weighted by atomic mass is 10.0. The number of benzene rings is 2. The van der Waals surface area contributed by atoms with Crippen LogP contribution >= 0.6 is 11.6 Å². The van der Waals surface area contributed by atoms with Crippen LogP contribution in [0, 0.1) is 6.92 Å². The molecule has 2 nitrogen and oxygen atoms in total. The van der Waals surface area contributed by atoms with Crippen LogP contribution in [-0.4, -0.2) is 11.7 Å². The fraction of sp³-hybridized carbons (Fsp3) is 0.200. The van der Waals surface area contributed by atoms with E-state index in [9.17, 15) is 5.11 Å². The van der Waals surface area contributed by atoms with E-state index >= 15 is 0 Å². The van der Waals surface area contributed by atoms with Gasteiger partial charge in [-0.3, -0.25) is 0 Å². The molecule has 2 aromatic rings. The Balaban J connectivity index is 2.41. The Labute approximate surface area is 112 Å². The van der Waals surface area contributed by atoms with Gasteiger partial charge in [-0.05, 0) is 55.3 Å². The van der Waals surface area contributed by atoms with Crippen molar-refractivity contribution in [3.8, 4) is 22.6 Å². The van der Waals surface area contributed by atoms with Crippen LogP contribution in [0.15, 0.2) is 36.4 Å². The van der Waals surface area contributed by atoms with E-state index in [2.05, 4.69) is 0 Å². The number of aryl methyl sites for hydroxylation is 1. The molecule has 94 valence electrons. The zero-order valence-corrected chi connectivity index (χ0v) is 11.2. The Hall–Kier alpha value is -1.67. The SMILES string of the molecule is CCOc1ccc(-c2ccc(O)c(C)c2)c(Cl)c1. The van der Waals surface area contributed by atoms with Crippen LogP contribution in [0.3, 0.4) is 0 Å². The number of rotatable bonds is 3. The Morgan fingerprint density at radius 3 is 2.56 bits per heavy atom. The highest BCUT2D eigenvalue weighted by molar-refractivity contribution is 6.33. The molecule has 2 rings (SSSR count). The third-order valence-electron chi connectivity index (χ3n) is 2.76. The van der Waals surface area contributed by atoms with Crippen molar-refractivity contribution in [2.75, 3.05) is 6.61 Å². The van der Waals surface area contributed by atoms with E-state index in [1.807, 2.05) is 44.2 Å². The Morgan fingerprint density at radius 2 is 1.94 bits per heavy atom. The van der Waals surface area contributed by atoms with Gasteiger partial charge in [0.15, 0.2) is 0 Å². The van der Waals surface area contributed by atoms with Crippen molar-refractivity contribution in [3.05, 3.63) is 47.0 Å². The monoisotopic (exact) mass is 262 g/mol. The predicted octanol–water partition coefficient (Wildman–Crippen LogP) is 4.42. The first-order valence-corrected chi connectivity index (χ1v) is 6.22. The van der Waals surface area contributed by atoms with Gasteiger partial charge in [0.25, 0.3) is 0 Å². The number of ether oxygens (including phenoxy) is 1. The summed E-state index contributed by atoms with van der Waals surface area (Å²) in [4.78, 5) is 0. The molecule has 0 bridgehead atoms.